The first-order valence-electron chi connectivity index (χ1n) is 17.8. The number of unbranched alkanes of at least 4 members (excludes halogenated alkanes) is 1. The van der Waals surface area contributed by atoms with E-state index in [0.717, 1.165) is 11.1 Å². The van der Waals surface area contributed by atoms with E-state index in [1.807, 2.05) is 52.0 Å². The molecule has 0 radical (unpaired) electrons. The van der Waals surface area contributed by atoms with E-state index < -0.39 is 47.2 Å². The molecule has 51 heavy (non-hydrogen) atoms. The van der Waals surface area contributed by atoms with Crippen LogP contribution in [0.3, 0.4) is 0 Å². The fourth-order valence-corrected chi connectivity index (χ4v) is 5.31. The van der Waals surface area contributed by atoms with Crippen molar-refractivity contribution >= 4 is 24.2 Å². The number of nitrogens with one attached hydrogen (secondary N) is 3. The number of alkyl carbamates (subject to hydrolysis) is 2. The number of ether oxygens (including phenoxy) is 3. The molecule has 284 valence electrons. The number of hydrogen-bond donors (Lipinski definition) is 3. The van der Waals surface area contributed by atoms with Crippen LogP contribution in [0.5, 0.6) is 0 Å². The molecule has 4 amide bonds. The second-order valence-electron chi connectivity index (χ2n) is 16.1. The molecule has 1 aliphatic heterocycles. The van der Waals surface area contributed by atoms with Gasteiger partial charge in [-0.25, -0.2) is 14.4 Å². The normalized spacial score (nSPS) is 15.4. The van der Waals surface area contributed by atoms with Crippen molar-refractivity contribution in [3.63, 3.8) is 0 Å². The molecule has 1 aromatic carbocycles. The lowest BCUT2D eigenvalue weighted by molar-refractivity contribution is -0.127. The van der Waals surface area contributed by atoms with Crippen molar-refractivity contribution in [1.82, 2.24) is 31.0 Å². The first-order chi connectivity index (χ1) is 23.7. The second-order valence-corrected chi connectivity index (χ2v) is 16.1. The van der Waals surface area contributed by atoms with Crippen LogP contribution in [0.2, 0.25) is 0 Å². The van der Waals surface area contributed by atoms with Gasteiger partial charge in [-0.05, 0) is 107 Å². The Morgan fingerprint density at radius 3 is 1.90 bits per heavy atom. The van der Waals surface area contributed by atoms with Crippen LogP contribution < -0.4 is 16.0 Å². The molecule has 0 aliphatic carbocycles. The van der Waals surface area contributed by atoms with Gasteiger partial charge in [0.1, 0.15) is 28.9 Å². The summed E-state index contributed by atoms with van der Waals surface area (Å²) in [5.41, 5.74) is 0.126. The number of hydrogen-bond acceptors (Lipinski definition) is 10. The number of rotatable bonds is 12. The van der Waals surface area contributed by atoms with E-state index in [9.17, 15) is 19.2 Å². The molecule has 14 nitrogen and oxygen atoms in total. The number of carbonyl (C=O) groups is 4. The summed E-state index contributed by atoms with van der Waals surface area (Å²) >= 11 is 0. The van der Waals surface area contributed by atoms with Gasteiger partial charge in [-0.1, -0.05) is 29.8 Å². The van der Waals surface area contributed by atoms with Gasteiger partial charge in [0.15, 0.2) is 0 Å². The molecule has 0 saturated carbocycles. The second kappa shape index (κ2) is 17.7. The largest absolute Gasteiger partial charge is 0.444 e. The quantitative estimate of drug-likeness (QED) is 0.159. The van der Waals surface area contributed by atoms with E-state index in [2.05, 4.69) is 26.1 Å². The number of aryl methyl sites for hydroxylation is 1. The Bertz CT molecular complexity index is 1450. The molecule has 1 fully saturated rings. The molecule has 2 heterocycles. The zero-order valence-electron chi connectivity index (χ0n) is 32.0. The molecular weight excluding hydrogens is 656 g/mol. The predicted molar refractivity (Wildman–Crippen MR) is 191 cm³/mol. The Labute approximate surface area is 302 Å². The van der Waals surface area contributed by atoms with Crippen LogP contribution in [0.25, 0.3) is 0 Å². The summed E-state index contributed by atoms with van der Waals surface area (Å²) in [5.74, 6) is -0.137. The first-order valence-corrected chi connectivity index (χ1v) is 17.8. The monoisotopic (exact) mass is 714 g/mol. The number of benzene rings is 1. The average molecular weight is 715 g/mol. The fraction of sp³-hybridized carbons (Fsp3) is 0.676. The lowest BCUT2D eigenvalue weighted by Crippen LogP contribution is -2.45. The van der Waals surface area contributed by atoms with E-state index in [1.165, 1.54) is 0 Å². The molecule has 3 N–H and O–H groups in total. The van der Waals surface area contributed by atoms with Gasteiger partial charge in [0.2, 0.25) is 17.7 Å². The lowest BCUT2D eigenvalue weighted by Gasteiger charge is -2.33. The van der Waals surface area contributed by atoms with Crippen LogP contribution in [0.15, 0.2) is 28.7 Å². The van der Waals surface area contributed by atoms with Crippen LogP contribution in [0, 0.1) is 12.8 Å². The maximum atomic E-state index is 13.6. The molecule has 2 atom stereocenters. The Balaban J connectivity index is 1.76. The predicted octanol–water partition coefficient (Wildman–Crippen LogP) is 6.69. The van der Waals surface area contributed by atoms with E-state index >= 15 is 0 Å². The van der Waals surface area contributed by atoms with Gasteiger partial charge in [-0.15, -0.1) is 10.2 Å². The van der Waals surface area contributed by atoms with Crippen LogP contribution in [-0.2, 0) is 25.4 Å². The molecule has 1 aromatic heterocycles. The number of aromatic nitrogens is 2. The van der Waals surface area contributed by atoms with Crippen molar-refractivity contribution < 1.29 is 37.8 Å². The summed E-state index contributed by atoms with van der Waals surface area (Å²) in [6.07, 6.45) is 1.47. The lowest BCUT2D eigenvalue weighted by atomic mass is 9.95. The summed E-state index contributed by atoms with van der Waals surface area (Å²) in [7, 11) is 0. The first kappa shape index (κ1) is 41.1. The highest BCUT2D eigenvalue weighted by molar-refractivity contribution is 5.79. The Morgan fingerprint density at radius 2 is 1.33 bits per heavy atom. The van der Waals surface area contributed by atoms with Crippen molar-refractivity contribution in [3.8, 4) is 0 Å². The Hall–Kier alpha value is -4.36. The standard InChI is InChI=1S/C37H58N6O8/c1-24-14-16-25(17-15-24)23-28(40-33(46)50-36(5,6)7)31-42-41-30(48-31)27(13-11-12-20-38-32(45)49-35(2,3)4)39-29(44)26-18-21-43(22-19-26)34(47)51-37(8,9)10/h14-17,26-28H,11-13,18-23H2,1-10H3,(H,38,45)(H,39,44)(H,40,46)/t27-,28-/m0/s1. The minimum absolute atomic E-state index is 0.174. The number of piperidine rings is 1. The maximum Gasteiger partial charge on any atom is 0.410 e. The van der Waals surface area contributed by atoms with Crippen molar-refractivity contribution in [2.75, 3.05) is 19.6 Å². The average Bonchev–Trinajstić information content (AvgIpc) is 3.49. The van der Waals surface area contributed by atoms with Gasteiger partial charge in [0, 0.05) is 32.0 Å². The van der Waals surface area contributed by atoms with Crippen LogP contribution in [0.1, 0.15) is 129 Å². The van der Waals surface area contributed by atoms with Crippen molar-refractivity contribution in [3.05, 3.63) is 47.2 Å². The van der Waals surface area contributed by atoms with Gasteiger partial charge in [-0.2, -0.15) is 0 Å². The highest BCUT2D eigenvalue weighted by Crippen LogP contribution is 2.26. The van der Waals surface area contributed by atoms with Crippen molar-refractivity contribution in [1.29, 1.82) is 0 Å². The number of carbonyl (C=O) groups excluding carboxylic acids is 4. The highest BCUT2D eigenvalue weighted by Gasteiger charge is 2.33. The zero-order valence-corrected chi connectivity index (χ0v) is 32.0. The smallest absolute Gasteiger partial charge is 0.410 e. The minimum atomic E-state index is -0.713. The minimum Gasteiger partial charge on any atom is -0.444 e. The van der Waals surface area contributed by atoms with Gasteiger partial charge in [-0.3, -0.25) is 4.79 Å². The third kappa shape index (κ3) is 15.2. The third-order valence-corrected chi connectivity index (χ3v) is 7.73. The molecule has 2 aromatic rings. The molecule has 0 spiro atoms. The van der Waals surface area contributed by atoms with Crippen LogP contribution in [0.4, 0.5) is 14.4 Å². The highest BCUT2D eigenvalue weighted by atomic mass is 16.6. The number of amides is 4. The van der Waals surface area contributed by atoms with Gasteiger partial charge < -0.3 is 39.5 Å². The van der Waals surface area contributed by atoms with E-state index in [-0.39, 0.29) is 23.6 Å². The summed E-state index contributed by atoms with van der Waals surface area (Å²) in [6.45, 7) is 19.4. The third-order valence-electron chi connectivity index (χ3n) is 7.73. The van der Waals surface area contributed by atoms with E-state index in [1.54, 1.807) is 46.4 Å². The molecule has 14 heteroatoms. The fourth-order valence-electron chi connectivity index (χ4n) is 5.31. The molecule has 3 rings (SSSR count). The van der Waals surface area contributed by atoms with E-state index in [4.69, 9.17) is 18.6 Å². The van der Waals surface area contributed by atoms with Gasteiger partial charge in [0.05, 0.1) is 0 Å². The molecular formula is C37H58N6O8. The SMILES string of the molecule is Cc1ccc(C[C@H](NC(=O)OC(C)(C)C)c2nnc([C@H](CCCCNC(=O)OC(C)(C)C)NC(=O)C3CCN(C(=O)OC(C)(C)C)CC3)o2)cc1. The number of likely N-dealkylation sites (tertiary alicyclic amines) is 1. The summed E-state index contributed by atoms with van der Waals surface area (Å²) < 4.78 is 22.5. The molecule has 0 bridgehead atoms. The molecule has 0 unspecified atom stereocenters. The Kier molecular flexibility index (Phi) is 14.3. The van der Waals surface area contributed by atoms with Gasteiger partial charge >= 0.3 is 18.3 Å². The maximum absolute atomic E-state index is 13.6. The number of nitrogens with zero attached hydrogens (tertiary/aromatic N) is 3. The topological polar surface area (TPSA) is 174 Å². The summed E-state index contributed by atoms with van der Waals surface area (Å²) in [6, 6.07) is 6.58. The van der Waals surface area contributed by atoms with Crippen LogP contribution >= 0.6 is 0 Å². The van der Waals surface area contributed by atoms with Crippen molar-refractivity contribution in [2.24, 2.45) is 5.92 Å². The molecule has 1 aliphatic rings. The van der Waals surface area contributed by atoms with Gasteiger partial charge in [0.25, 0.3) is 0 Å². The summed E-state index contributed by atoms with van der Waals surface area (Å²) in [4.78, 5) is 52.8. The summed E-state index contributed by atoms with van der Waals surface area (Å²) in [5, 5.41) is 17.4. The van der Waals surface area contributed by atoms with Crippen molar-refractivity contribution in [2.45, 2.75) is 137 Å². The Morgan fingerprint density at radius 1 is 0.784 bits per heavy atom. The van der Waals surface area contributed by atoms with Crippen LogP contribution in [-0.4, -0.2) is 75.7 Å². The van der Waals surface area contributed by atoms with E-state index in [0.29, 0.717) is 58.2 Å². The molecule has 1 saturated heterocycles. The zero-order chi connectivity index (χ0) is 38.0.